The third kappa shape index (κ3) is 2.99. The van der Waals surface area contributed by atoms with Gasteiger partial charge in [0.15, 0.2) is 5.16 Å². The number of hydrogen-bond donors (Lipinski definition) is 1. The van der Waals surface area contributed by atoms with E-state index in [9.17, 15) is 9.59 Å². The summed E-state index contributed by atoms with van der Waals surface area (Å²) in [7, 11) is 0. The molecule has 1 unspecified atom stereocenters. The number of halogens is 2. The highest BCUT2D eigenvalue weighted by molar-refractivity contribution is 7.99. The second kappa shape index (κ2) is 6.32. The van der Waals surface area contributed by atoms with Crippen molar-refractivity contribution in [1.29, 1.82) is 0 Å². The van der Waals surface area contributed by atoms with Crippen LogP contribution in [0.3, 0.4) is 0 Å². The quantitative estimate of drug-likeness (QED) is 0.858. The number of carbonyl (C=O) groups is 1. The largest absolute Gasteiger partial charge is 0.325 e. The van der Waals surface area contributed by atoms with Gasteiger partial charge < -0.3 is 5.32 Å². The molecular weight excluding hydrogens is 345 g/mol. The molecule has 8 heteroatoms. The van der Waals surface area contributed by atoms with Crippen LogP contribution in [0.2, 0.25) is 10.0 Å². The van der Waals surface area contributed by atoms with Gasteiger partial charge in [0, 0.05) is 24.4 Å². The molecule has 0 spiro atoms. The maximum Gasteiger partial charge on any atom is 0.254 e. The Bertz CT molecular complexity index is 794. The van der Waals surface area contributed by atoms with Gasteiger partial charge in [-0.2, -0.15) is 0 Å². The Morgan fingerprint density at radius 1 is 1.41 bits per heavy atom. The average molecular weight is 356 g/mol. The van der Waals surface area contributed by atoms with Crippen LogP contribution in [-0.2, 0) is 4.79 Å². The summed E-state index contributed by atoms with van der Waals surface area (Å²) >= 11 is 13.4. The lowest BCUT2D eigenvalue weighted by Crippen LogP contribution is -2.26. The van der Waals surface area contributed by atoms with Crippen LogP contribution in [0.5, 0.6) is 0 Å². The van der Waals surface area contributed by atoms with Gasteiger partial charge in [-0.05, 0) is 12.1 Å². The first kappa shape index (κ1) is 15.4. The topological polar surface area (TPSA) is 64.0 Å². The van der Waals surface area contributed by atoms with Crippen molar-refractivity contribution in [2.75, 3.05) is 11.1 Å². The molecule has 0 aliphatic carbocycles. The summed E-state index contributed by atoms with van der Waals surface area (Å²) in [6, 6.07) is 6.22. The number of benzene rings is 1. The molecule has 2 heterocycles. The number of hydrogen-bond acceptors (Lipinski definition) is 4. The lowest BCUT2D eigenvalue weighted by Gasteiger charge is -2.13. The van der Waals surface area contributed by atoms with E-state index in [-0.39, 0.29) is 23.9 Å². The smallest absolute Gasteiger partial charge is 0.254 e. The standard InChI is InChI=1S/C14H11Cl2N3O2S/c15-9-2-1-3-10(13(9)16)18-11(20)6-8-7-22-14-17-5-4-12(21)19(8)14/h1-5,8H,6-7H2,(H,18,20). The number of anilines is 1. The molecule has 0 fully saturated rings. The van der Waals surface area contributed by atoms with Gasteiger partial charge in [-0.15, -0.1) is 0 Å². The van der Waals surface area contributed by atoms with E-state index in [1.165, 1.54) is 24.0 Å². The van der Waals surface area contributed by atoms with Gasteiger partial charge in [-0.1, -0.05) is 41.0 Å². The first-order valence-electron chi connectivity index (χ1n) is 6.50. The molecular formula is C14H11Cl2N3O2S. The Hall–Kier alpha value is -1.50. The van der Waals surface area contributed by atoms with Crippen molar-refractivity contribution in [2.45, 2.75) is 17.6 Å². The molecule has 0 radical (unpaired) electrons. The molecule has 1 aromatic heterocycles. The van der Waals surface area contributed by atoms with E-state index in [1.807, 2.05) is 0 Å². The summed E-state index contributed by atoms with van der Waals surface area (Å²) in [5.41, 5.74) is 0.317. The molecule has 0 saturated carbocycles. The lowest BCUT2D eigenvalue weighted by molar-refractivity contribution is -0.116. The molecule has 1 atom stereocenters. The predicted molar refractivity (Wildman–Crippen MR) is 88.0 cm³/mol. The van der Waals surface area contributed by atoms with E-state index in [0.717, 1.165) is 0 Å². The summed E-state index contributed by atoms with van der Waals surface area (Å²) in [5, 5.41) is 4.05. The maximum absolute atomic E-state index is 12.2. The molecule has 1 amide bonds. The highest BCUT2D eigenvalue weighted by atomic mass is 35.5. The van der Waals surface area contributed by atoms with E-state index in [2.05, 4.69) is 10.3 Å². The number of aromatic nitrogens is 2. The Balaban J connectivity index is 1.74. The Labute approximate surface area is 140 Å². The molecule has 1 aliphatic heterocycles. The Morgan fingerprint density at radius 3 is 3.05 bits per heavy atom. The summed E-state index contributed by atoms with van der Waals surface area (Å²) in [6.07, 6.45) is 1.66. The van der Waals surface area contributed by atoms with Crippen molar-refractivity contribution in [1.82, 2.24) is 9.55 Å². The summed E-state index contributed by atoms with van der Waals surface area (Å²) in [4.78, 5) is 28.2. The van der Waals surface area contributed by atoms with Crippen molar-refractivity contribution >= 4 is 46.6 Å². The number of thioether (sulfide) groups is 1. The fourth-order valence-electron chi connectivity index (χ4n) is 2.26. The average Bonchev–Trinajstić information content (AvgIpc) is 2.88. The second-order valence-electron chi connectivity index (χ2n) is 4.75. The fraction of sp³-hybridized carbons (Fsp3) is 0.214. The molecule has 1 aromatic carbocycles. The van der Waals surface area contributed by atoms with E-state index < -0.39 is 0 Å². The molecule has 22 heavy (non-hydrogen) atoms. The van der Waals surface area contributed by atoms with E-state index in [4.69, 9.17) is 23.2 Å². The van der Waals surface area contributed by atoms with E-state index >= 15 is 0 Å². The summed E-state index contributed by atoms with van der Waals surface area (Å²) in [5.74, 6) is 0.418. The predicted octanol–water partition coefficient (Wildman–Crippen LogP) is 3.23. The SMILES string of the molecule is O=C(CC1CSc2nccc(=O)n21)Nc1cccc(Cl)c1Cl. The first-order valence-corrected chi connectivity index (χ1v) is 8.24. The number of carbonyl (C=O) groups excluding carboxylic acids is 1. The van der Waals surface area contributed by atoms with Crippen molar-refractivity contribution in [2.24, 2.45) is 0 Å². The van der Waals surface area contributed by atoms with Gasteiger partial charge in [-0.3, -0.25) is 14.2 Å². The third-order valence-electron chi connectivity index (χ3n) is 3.26. The summed E-state index contributed by atoms with van der Waals surface area (Å²) < 4.78 is 1.56. The minimum atomic E-state index is -0.224. The molecule has 5 nitrogen and oxygen atoms in total. The molecule has 114 valence electrons. The van der Waals surface area contributed by atoms with Crippen LogP contribution in [0.4, 0.5) is 5.69 Å². The minimum absolute atomic E-state index is 0.145. The van der Waals surface area contributed by atoms with Crippen LogP contribution in [0.1, 0.15) is 12.5 Å². The van der Waals surface area contributed by atoms with E-state index in [0.29, 0.717) is 26.6 Å². The second-order valence-corrected chi connectivity index (χ2v) is 6.53. The van der Waals surface area contributed by atoms with Crippen LogP contribution in [0.15, 0.2) is 40.4 Å². The zero-order chi connectivity index (χ0) is 15.7. The molecule has 1 aliphatic rings. The number of rotatable bonds is 3. The van der Waals surface area contributed by atoms with Crippen LogP contribution >= 0.6 is 35.0 Å². The number of nitrogens with zero attached hydrogens (tertiary/aromatic N) is 2. The van der Waals surface area contributed by atoms with Gasteiger partial charge in [0.25, 0.3) is 5.56 Å². The Morgan fingerprint density at radius 2 is 2.23 bits per heavy atom. The number of amides is 1. The summed E-state index contributed by atoms with van der Waals surface area (Å²) in [6.45, 7) is 0. The van der Waals surface area contributed by atoms with Crippen LogP contribution in [0, 0.1) is 0 Å². The highest BCUT2D eigenvalue weighted by Crippen LogP contribution is 2.33. The molecule has 0 saturated heterocycles. The zero-order valence-electron chi connectivity index (χ0n) is 11.3. The maximum atomic E-state index is 12.2. The molecule has 2 aromatic rings. The van der Waals surface area contributed by atoms with Crippen LogP contribution in [-0.4, -0.2) is 21.2 Å². The van der Waals surface area contributed by atoms with E-state index in [1.54, 1.807) is 22.8 Å². The van der Waals surface area contributed by atoms with Crippen LogP contribution in [0.25, 0.3) is 0 Å². The number of nitrogens with one attached hydrogen (secondary N) is 1. The molecule has 3 rings (SSSR count). The van der Waals surface area contributed by atoms with Crippen molar-refractivity contribution in [3.63, 3.8) is 0 Å². The van der Waals surface area contributed by atoms with Gasteiger partial charge in [0.2, 0.25) is 5.91 Å². The molecule has 0 bridgehead atoms. The normalized spacial score (nSPS) is 16.4. The van der Waals surface area contributed by atoms with Crippen molar-refractivity contribution < 1.29 is 4.79 Å². The fourth-order valence-corrected chi connectivity index (χ4v) is 3.73. The molecule has 1 N–H and O–H groups in total. The highest BCUT2D eigenvalue weighted by Gasteiger charge is 2.26. The monoisotopic (exact) mass is 355 g/mol. The third-order valence-corrected chi connectivity index (χ3v) is 5.19. The van der Waals surface area contributed by atoms with Gasteiger partial charge in [0.1, 0.15) is 0 Å². The number of fused-ring (bicyclic) bond motifs is 1. The lowest BCUT2D eigenvalue weighted by atomic mass is 10.2. The Kier molecular flexibility index (Phi) is 4.42. The van der Waals surface area contributed by atoms with Gasteiger partial charge >= 0.3 is 0 Å². The van der Waals surface area contributed by atoms with Gasteiger partial charge in [0.05, 0.1) is 21.8 Å². The van der Waals surface area contributed by atoms with Crippen molar-refractivity contribution in [3.8, 4) is 0 Å². The van der Waals surface area contributed by atoms with Gasteiger partial charge in [-0.25, -0.2) is 4.98 Å². The van der Waals surface area contributed by atoms with Crippen LogP contribution < -0.4 is 10.9 Å². The first-order chi connectivity index (χ1) is 10.6. The van der Waals surface area contributed by atoms with Crippen molar-refractivity contribution in [3.05, 3.63) is 50.9 Å². The minimum Gasteiger partial charge on any atom is -0.325 e. The zero-order valence-corrected chi connectivity index (χ0v) is 13.6.